The van der Waals surface area contributed by atoms with Crippen LogP contribution in [0.4, 0.5) is 5.69 Å². The van der Waals surface area contributed by atoms with Gasteiger partial charge in [0.15, 0.2) is 0 Å². The van der Waals surface area contributed by atoms with Crippen LogP contribution in [0.15, 0.2) is 30.5 Å². The first-order chi connectivity index (χ1) is 8.60. The Morgan fingerprint density at radius 2 is 2.17 bits per heavy atom. The van der Waals surface area contributed by atoms with E-state index in [2.05, 4.69) is 11.1 Å². The van der Waals surface area contributed by atoms with E-state index in [-0.39, 0.29) is 5.88 Å². The summed E-state index contributed by atoms with van der Waals surface area (Å²) in [5.41, 5.74) is 7.51. The Morgan fingerprint density at radius 1 is 1.39 bits per heavy atom. The number of benzene rings is 1. The van der Waals surface area contributed by atoms with E-state index in [1.807, 2.05) is 6.92 Å². The normalized spacial score (nSPS) is 9.83. The molecule has 0 bridgehead atoms. The van der Waals surface area contributed by atoms with Crippen molar-refractivity contribution in [1.29, 1.82) is 5.26 Å². The lowest BCUT2D eigenvalue weighted by Crippen LogP contribution is -1.96. The van der Waals surface area contributed by atoms with Crippen LogP contribution in [0.5, 0.6) is 11.6 Å². The summed E-state index contributed by atoms with van der Waals surface area (Å²) in [7, 11) is 0. The second-order valence-electron chi connectivity index (χ2n) is 3.74. The largest absolute Gasteiger partial charge is 0.437 e. The number of nitriles is 1. The fourth-order valence-corrected chi connectivity index (χ4v) is 1.58. The fraction of sp³-hybridized carbons (Fsp3) is 0.0769. The number of nitrogens with zero attached hydrogens (tertiary/aromatic N) is 2. The summed E-state index contributed by atoms with van der Waals surface area (Å²) in [6.45, 7) is 1.88. The van der Waals surface area contributed by atoms with E-state index in [0.29, 0.717) is 22.0 Å². The van der Waals surface area contributed by atoms with Crippen LogP contribution in [0.3, 0.4) is 0 Å². The van der Waals surface area contributed by atoms with Crippen molar-refractivity contribution >= 4 is 17.3 Å². The van der Waals surface area contributed by atoms with Gasteiger partial charge < -0.3 is 10.5 Å². The smallest absolute Gasteiger partial charge is 0.242 e. The molecule has 1 heterocycles. The van der Waals surface area contributed by atoms with Crippen molar-refractivity contribution in [3.05, 3.63) is 46.6 Å². The summed E-state index contributed by atoms with van der Waals surface area (Å²) in [6, 6.07) is 8.79. The van der Waals surface area contributed by atoms with E-state index in [4.69, 9.17) is 27.3 Å². The fourth-order valence-electron chi connectivity index (χ4n) is 1.41. The van der Waals surface area contributed by atoms with E-state index in [1.165, 1.54) is 6.20 Å². The van der Waals surface area contributed by atoms with Gasteiger partial charge in [-0.25, -0.2) is 4.98 Å². The molecule has 0 fully saturated rings. The van der Waals surface area contributed by atoms with Gasteiger partial charge in [-0.3, -0.25) is 0 Å². The van der Waals surface area contributed by atoms with E-state index >= 15 is 0 Å². The monoisotopic (exact) mass is 259 g/mol. The van der Waals surface area contributed by atoms with Gasteiger partial charge in [0.05, 0.1) is 22.3 Å². The van der Waals surface area contributed by atoms with Crippen molar-refractivity contribution in [2.24, 2.45) is 0 Å². The molecular weight excluding hydrogens is 250 g/mol. The summed E-state index contributed by atoms with van der Waals surface area (Å²) in [5.74, 6) is 0.827. The number of pyridine rings is 1. The van der Waals surface area contributed by atoms with Crippen molar-refractivity contribution < 1.29 is 4.74 Å². The third kappa shape index (κ3) is 2.53. The molecule has 0 aliphatic heterocycles. The average Bonchev–Trinajstić information content (AvgIpc) is 2.35. The molecule has 0 saturated heterocycles. The number of nitrogens with two attached hydrogens (primary N) is 1. The summed E-state index contributed by atoms with van der Waals surface area (Å²) < 4.78 is 5.59. The van der Waals surface area contributed by atoms with Crippen LogP contribution >= 0.6 is 11.6 Å². The van der Waals surface area contributed by atoms with Crippen molar-refractivity contribution in [2.45, 2.75) is 6.92 Å². The number of ether oxygens (including phenoxy) is 1. The van der Waals surface area contributed by atoms with Crippen LogP contribution in [-0.4, -0.2) is 4.98 Å². The zero-order valence-electron chi connectivity index (χ0n) is 9.64. The van der Waals surface area contributed by atoms with Gasteiger partial charge in [-0.2, -0.15) is 5.26 Å². The highest BCUT2D eigenvalue weighted by atomic mass is 35.5. The highest BCUT2D eigenvalue weighted by molar-refractivity contribution is 6.30. The van der Waals surface area contributed by atoms with Crippen LogP contribution < -0.4 is 10.5 Å². The minimum atomic E-state index is 0.276. The van der Waals surface area contributed by atoms with E-state index in [9.17, 15) is 0 Å². The summed E-state index contributed by atoms with van der Waals surface area (Å²) in [5, 5.41) is 9.29. The average molecular weight is 260 g/mol. The quantitative estimate of drug-likeness (QED) is 0.898. The first-order valence-corrected chi connectivity index (χ1v) is 5.57. The number of aromatic nitrogens is 1. The molecule has 18 heavy (non-hydrogen) atoms. The van der Waals surface area contributed by atoms with Gasteiger partial charge in [-0.1, -0.05) is 17.7 Å². The molecule has 5 heteroatoms. The molecule has 0 saturated carbocycles. The number of halogens is 1. The molecule has 0 amide bonds. The molecule has 0 spiro atoms. The van der Waals surface area contributed by atoms with Gasteiger partial charge >= 0.3 is 0 Å². The predicted octanol–water partition coefficient (Wildman–Crippen LogP) is 3.29. The molecular formula is C13H10ClN3O. The van der Waals surface area contributed by atoms with Crippen molar-refractivity contribution in [3.8, 4) is 17.7 Å². The Hall–Kier alpha value is -2.25. The van der Waals surface area contributed by atoms with Gasteiger partial charge in [0.1, 0.15) is 5.75 Å². The molecule has 1 aromatic heterocycles. The van der Waals surface area contributed by atoms with E-state index in [1.54, 1.807) is 24.3 Å². The van der Waals surface area contributed by atoms with Crippen molar-refractivity contribution in [3.63, 3.8) is 0 Å². The first kappa shape index (κ1) is 12.2. The van der Waals surface area contributed by atoms with Gasteiger partial charge in [0.25, 0.3) is 0 Å². The minimum Gasteiger partial charge on any atom is -0.437 e. The maximum Gasteiger partial charge on any atom is 0.242 e. The zero-order valence-corrected chi connectivity index (χ0v) is 10.4. The molecule has 4 nitrogen and oxygen atoms in total. The van der Waals surface area contributed by atoms with Gasteiger partial charge in [-0.05, 0) is 30.7 Å². The lowest BCUT2D eigenvalue weighted by Gasteiger charge is -2.09. The number of anilines is 1. The van der Waals surface area contributed by atoms with Crippen molar-refractivity contribution in [2.75, 3.05) is 5.73 Å². The zero-order chi connectivity index (χ0) is 13.1. The number of aryl methyl sites for hydroxylation is 1. The van der Waals surface area contributed by atoms with Gasteiger partial charge in [0.2, 0.25) is 5.88 Å². The van der Waals surface area contributed by atoms with Crippen LogP contribution in [0.25, 0.3) is 0 Å². The molecule has 2 N–H and O–H groups in total. The molecule has 0 unspecified atom stereocenters. The molecule has 0 aliphatic rings. The molecule has 2 rings (SSSR count). The van der Waals surface area contributed by atoms with Crippen LogP contribution in [0, 0.1) is 18.3 Å². The summed E-state index contributed by atoms with van der Waals surface area (Å²) in [6.07, 6.45) is 1.46. The lowest BCUT2D eigenvalue weighted by molar-refractivity contribution is 0.462. The SMILES string of the molecule is Cc1ccc(C#N)cc1Oc1ncc(Cl)cc1N. The van der Waals surface area contributed by atoms with Crippen LogP contribution in [0.1, 0.15) is 11.1 Å². The highest BCUT2D eigenvalue weighted by Gasteiger charge is 2.07. The third-order valence-corrected chi connectivity index (χ3v) is 2.58. The van der Waals surface area contributed by atoms with Gasteiger partial charge in [-0.15, -0.1) is 0 Å². The Morgan fingerprint density at radius 3 is 2.83 bits per heavy atom. The van der Waals surface area contributed by atoms with E-state index in [0.717, 1.165) is 5.56 Å². The van der Waals surface area contributed by atoms with E-state index < -0.39 is 0 Å². The molecule has 0 atom stereocenters. The molecule has 1 aromatic carbocycles. The van der Waals surface area contributed by atoms with Gasteiger partial charge in [0, 0.05) is 6.20 Å². The second kappa shape index (κ2) is 4.94. The maximum atomic E-state index is 8.85. The first-order valence-electron chi connectivity index (χ1n) is 5.20. The van der Waals surface area contributed by atoms with Crippen LogP contribution in [-0.2, 0) is 0 Å². The maximum absolute atomic E-state index is 8.85. The third-order valence-electron chi connectivity index (χ3n) is 2.37. The number of rotatable bonds is 2. The lowest BCUT2D eigenvalue weighted by atomic mass is 10.1. The van der Waals surface area contributed by atoms with Crippen molar-refractivity contribution in [1.82, 2.24) is 4.98 Å². The Labute approximate surface area is 110 Å². The summed E-state index contributed by atoms with van der Waals surface area (Å²) >= 11 is 5.76. The number of nitrogen functional groups attached to an aromatic ring is 1. The summed E-state index contributed by atoms with van der Waals surface area (Å²) in [4.78, 5) is 4.01. The predicted molar refractivity (Wildman–Crippen MR) is 69.6 cm³/mol. The molecule has 0 radical (unpaired) electrons. The number of hydrogen-bond acceptors (Lipinski definition) is 4. The standard InChI is InChI=1S/C13H10ClN3O/c1-8-2-3-9(6-15)4-12(8)18-13-11(16)5-10(14)7-17-13/h2-5,7H,16H2,1H3. The second-order valence-corrected chi connectivity index (χ2v) is 4.18. The molecule has 2 aromatic rings. The minimum absolute atomic E-state index is 0.276. The Balaban J connectivity index is 2.37. The highest BCUT2D eigenvalue weighted by Crippen LogP contribution is 2.29. The molecule has 0 aliphatic carbocycles. The molecule has 90 valence electrons. The van der Waals surface area contributed by atoms with Crippen LogP contribution in [0.2, 0.25) is 5.02 Å². The Bertz CT molecular complexity index is 635. The topological polar surface area (TPSA) is 71.9 Å². The Kier molecular flexibility index (Phi) is 3.35. The number of hydrogen-bond donors (Lipinski definition) is 1.